The van der Waals surface area contributed by atoms with Gasteiger partial charge in [0.1, 0.15) is 11.7 Å². The summed E-state index contributed by atoms with van der Waals surface area (Å²) >= 11 is 0. The normalized spacial score (nSPS) is 50.8. The van der Waals surface area contributed by atoms with Crippen molar-refractivity contribution in [2.24, 2.45) is 29.6 Å². The van der Waals surface area contributed by atoms with Crippen LogP contribution in [-0.4, -0.2) is 48.6 Å². The lowest BCUT2D eigenvalue weighted by Crippen LogP contribution is -2.61. The molecule has 7 aliphatic rings. The molecule has 7 unspecified atom stereocenters. The molecule has 6 heteroatoms. The highest BCUT2D eigenvalue weighted by atomic mass is 16.6. The molecular formula is C23H30O6. The highest BCUT2D eigenvalue weighted by Gasteiger charge is 2.63. The van der Waals surface area contributed by atoms with Crippen LogP contribution in [0, 0.1) is 29.6 Å². The Hall–Kier alpha value is -1.40. The maximum absolute atomic E-state index is 11.9. The van der Waals surface area contributed by atoms with Gasteiger partial charge in [-0.2, -0.15) is 0 Å². The van der Waals surface area contributed by atoms with Gasteiger partial charge in [0, 0.05) is 18.4 Å². The molecule has 1 aliphatic heterocycles. The summed E-state index contributed by atoms with van der Waals surface area (Å²) in [5, 5.41) is 0. The van der Waals surface area contributed by atoms with Gasteiger partial charge in [-0.15, -0.1) is 0 Å². The Morgan fingerprint density at radius 3 is 2.62 bits per heavy atom. The number of carbonyl (C=O) groups excluding carboxylic acids is 2. The Bertz CT molecular complexity index is 732. The first-order valence-corrected chi connectivity index (χ1v) is 11.3. The van der Waals surface area contributed by atoms with Crippen LogP contribution in [0.25, 0.3) is 0 Å². The van der Waals surface area contributed by atoms with E-state index in [0.717, 1.165) is 44.9 Å². The first kappa shape index (κ1) is 18.4. The van der Waals surface area contributed by atoms with Crippen LogP contribution in [0.3, 0.4) is 0 Å². The molecule has 0 radical (unpaired) electrons. The number of esters is 2. The van der Waals surface area contributed by atoms with Crippen molar-refractivity contribution in [2.45, 2.75) is 74.8 Å². The van der Waals surface area contributed by atoms with Crippen molar-refractivity contribution in [1.82, 2.24) is 0 Å². The lowest BCUT2D eigenvalue weighted by atomic mass is 9.52. The van der Waals surface area contributed by atoms with Gasteiger partial charge in [-0.25, -0.2) is 4.79 Å². The Labute approximate surface area is 171 Å². The topological polar surface area (TPSA) is 71.1 Å². The monoisotopic (exact) mass is 402 g/mol. The molecule has 7 fully saturated rings. The first-order valence-electron chi connectivity index (χ1n) is 11.3. The van der Waals surface area contributed by atoms with Crippen LogP contribution in [0.5, 0.6) is 0 Å². The van der Waals surface area contributed by atoms with E-state index in [-0.39, 0.29) is 41.3 Å². The minimum absolute atomic E-state index is 0.0159. The zero-order valence-corrected chi connectivity index (χ0v) is 16.8. The van der Waals surface area contributed by atoms with Crippen molar-refractivity contribution < 1.29 is 28.5 Å². The third-order valence-electron chi connectivity index (χ3n) is 8.65. The quantitative estimate of drug-likeness (QED) is 0.370. The molecule has 0 N–H and O–H groups in total. The number of rotatable bonds is 7. The Morgan fingerprint density at radius 2 is 1.86 bits per heavy atom. The smallest absolute Gasteiger partial charge is 0.330 e. The summed E-state index contributed by atoms with van der Waals surface area (Å²) in [5.74, 6) is 1.79. The van der Waals surface area contributed by atoms with Crippen LogP contribution in [0.2, 0.25) is 0 Å². The third kappa shape index (κ3) is 2.82. The molecule has 6 nitrogen and oxygen atoms in total. The van der Waals surface area contributed by atoms with E-state index in [9.17, 15) is 9.59 Å². The van der Waals surface area contributed by atoms with Gasteiger partial charge in [-0.05, 0) is 62.7 Å². The zero-order valence-electron chi connectivity index (χ0n) is 16.8. The molecule has 6 saturated carbocycles. The Kier molecular flexibility index (Phi) is 3.99. The minimum atomic E-state index is -0.367. The SMILES string of the molecule is C=CC(=O)OC12CC3CC(CC(OCCOC4C5CC6C(=O)OC4C6C5)(C3)C1)C2. The first-order chi connectivity index (χ1) is 14.0. The molecule has 7 rings (SSSR count). The highest BCUT2D eigenvalue weighted by Crippen LogP contribution is 2.60. The van der Waals surface area contributed by atoms with E-state index >= 15 is 0 Å². The lowest BCUT2D eigenvalue weighted by Gasteiger charge is -2.60. The predicted molar refractivity (Wildman–Crippen MR) is 102 cm³/mol. The van der Waals surface area contributed by atoms with E-state index in [1.165, 1.54) is 12.5 Å². The van der Waals surface area contributed by atoms with Crippen LogP contribution in [0.4, 0.5) is 0 Å². The fourth-order valence-corrected chi connectivity index (χ4v) is 8.21. The van der Waals surface area contributed by atoms with Crippen molar-refractivity contribution in [2.75, 3.05) is 13.2 Å². The van der Waals surface area contributed by atoms with Gasteiger partial charge in [0.05, 0.1) is 30.8 Å². The third-order valence-corrected chi connectivity index (χ3v) is 8.65. The summed E-state index contributed by atoms with van der Waals surface area (Å²) in [4.78, 5) is 23.8. The van der Waals surface area contributed by atoms with Crippen molar-refractivity contribution in [3.8, 4) is 0 Å². The van der Waals surface area contributed by atoms with Crippen molar-refractivity contribution in [1.29, 1.82) is 0 Å². The van der Waals surface area contributed by atoms with E-state index in [4.69, 9.17) is 18.9 Å². The van der Waals surface area contributed by atoms with E-state index in [1.54, 1.807) is 0 Å². The van der Waals surface area contributed by atoms with Crippen LogP contribution in [0.15, 0.2) is 12.7 Å². The number of hydrogen-bond donors (Lipinski definition) is 0. The molecule has 29 heavy (non-hydrogen) atoms. The fourth-order valence-electron chi connectivity index (χ4n) is 8.21. The van der Waals surface area contributed by atoms with Gasteiger partial charge in [0.25, 0.3) is 0 Å². The maximum atomic E-state index is 11.9. The second-order valence-corrected chi connectivity index (χ2v) is 10.5. The zero-order chi connectivity index (χ0) is 19.8. The summed E-state index contributed by atoms with van der Waals surface area (Å²) in [6.45, 7) is 4.63. The van der Waals surface area contributed by atoms with Crippen molar-refractivity contribution >= 4 is 11.9 Å². The van der Waals surface area contributed by atoms with Crippen LogP contribution in [-0.2, 0) is 28.5 Å². The average molecular weight is 402 g/mol. The van der Waals surface area contributed by atoms with E-state index in [0.29, 0.717) is 36.9 Å². The van der Waals surface area contributed by atoms with Gasteiger partial charge in [0.2, 0.25) is 0 Å². The lowest BCUT2D eigenvalue weighted by molar-refractivity contribution is -0.235. The molecule has 6 aliphatic carbocycles. The molecule has 1 saturated heterocycles. The molecule has 0 aromatic heterocycles. The van der Waals surface area contributed by atoms with Gasteiger partial charge in [0.15, 0.2) is 0 Å². The molecule has 0 aromatic carbocycles. The van der Waals surface area contributed by atoms with Crippen molar-refractivity contribution in [3.63, 3.8) is 0 Å². The van der Waals surface area contributed by atoms with Crippen LogP contribution >= 0.6 is 0 Å². The van der Waals surface area contributed by atoms with Gasteiger partial charge < -0.3 is 18.9 Å². The molecular weight excluding hydrogens is 372 g/mol. The number of carbonyl (C=O) groups is 2. The van der Waals surface area contributed by atoms with E-state index < -0.39 is 0 Å². The molecule has 158 valence electrons. The maximum Gasteiger partial charge on any atom is 0.330 e. The summed E-state index contributed by atoms with van der Waals surface area (Å²) in [6, 6.07) is 0. The standard InChI is InChI=1S/C23H30O6/c1-2-18(24)29-23-10-13-5-14(11-23)9-22(8-13,12-23)27-4-3-26-19-15-6-16-17(7-15)21(25)28-20(16)19/h2,13-17,19-20H,1,3-12H2. The number of fused-ring (bicyclic) bond motifs is 1. The molecule has 0 spiro atoms. The average Bonchev–Trinajstić information content (AvgIpc) is 3.28. The molecule has 7 atom stereocenters. The van der Waals surface area contributed by atoms with Gasteiger partial charge >= 0.3 is 11.9 Å². The van der Waals surface area contributed by atoms with Gasteiger partial charge in [-0.1, -0.05) is 6.58 Å². The fraction of sp³-hybridized carbons (Fsp3) is 0.826. The molecule has 6 bridgehead atoms. The van der Waals surface area contributed by atoms with Crippen LogP contribution < -0.4 is 0 Å². The second kappa shape index (κ2) is 6.30. The summed E-state index contributed by atoms with van der Waals surface area (Å²) in [6.07, 6.45) is 9.35. The summed E-state index contributed by atoms with van der Waals surface area (Å²) < 4.78 is 24.1. The summed E-state index contributed by atoms with van der Waals surface area (Å²) in [7, 11) is 0. The highest BCUT2D eigenvalue weighted by molar-refractivity contribution is 5.81. The van der Waals surface area contributed by atoms with Crippen LogP contribution in [0.1, 0.15) is 51.4 Å². The Morgan fingerprint density at radius 1 is 1.10 bits per heavy atom. The predicted octanol–water partition coefficient (Wildman–Crippen LogP) is 2.79. The summed E-state index contributed by atoms with van der Waals surface area (Å²) in [5.41, 5.74) is -0.553. The second-order valence-electron chi connectivity index (χ2n) is 10.5. The Balaban J connectivity index is 1.07. The van der Waals surface area contributed by atoms with Crippen molar-refractivity contribution in [3.05, 3.63) is 12.7 Å². The molecule has 0 amide bonds. The number of hydrogen-bond acceptors (Lipinski definition) is 6. The number of ether oxygens (including phenoxy) is 4. The van der Waals surface area contributed by atoms with Gasteiger partial charge in [-0.3, -0.25) is 4.79 Å². The minimum Gasteiger partial charge on any atom is -0.459 e. The van der Waals surface area contributed by atoms with E-state index in [1.807, 2.05) is 0 Å². The molecule has 1 heterocycles. The largest absolute Gasteiger partial charge is 0.459 e. The van der Waals surface area contributed by atoms with E-state index in [2.05, 4.69) is 6.58 Å². The molecule has 0 aromatic rings.